The van der Waals surface area contributed by atoms with Crippen molar-refractivity contribution in [3.05, 3.63) is 82.5 Å². The van der Waals surface area contributed by atoms with E-state index >= 15 is 0 Å². The van der Waals surface area contributed by atoms with Crippen LogP contribution in [0.15, 0.2) is 71.3 Å². The van der Waals surface area contributed by atoms with Gasteiger partial charge >= 0.3 is 0 Å². The van der Waals surface area contributed by atoms with Crippen LogP contribution in [0.4, 0.5) is 5.69 Å². The summed E-state index contributed by atoms with van der Waals surface area (Å²) in [6.45, 7) is 3.62. The number of nitriles is 2. The Hall–Kier alpha value is -3.90. The van der Waals surface area contributed by atoms with Crippen molar-refractivity contribution in [3.8, 4) is 12.1 Å². The summed E-state index contributed by atoms with van der Waals surface area (Å²) in [5, 5.41) is 25.1. The van der Waals surface area contributed by atoms with E-state index in [1.54, 1.807) is 42.7 Å². The number of pyridine rings is 1. The predicted octanol–water partition coefficient (Wildman–Crippen LogP) is 3.62. The van der Waals surface area contributed by atoms with Crippen molar-refractivity contribution in [2.24, 2.45) is 0 Å². The summed E-state index contributed by atoms with van der Waals surface area (Å²) in [4.78, 5) is 16.5. The van der Waals surface area contributed by atoms with Gasteiger partial charge in [-0.25, -0.2) is 0 Å². The first-order valence-electron chi connectivity index (χ1n) is 8.35. The van der Waals surface area contributed by atoms with Gasteiger partial charge in [-0.2, -0.15) is 10.5 Å². The average molecular weight is 355 g/mol. The summed E-state index contributed by atoms with van der Waals surface area (Å²) in [5.74, 6) is -0.759. The number of aromatic nitrogens is 1. The normalized spacial score (nSPS) is 14.2. The minimum absolute atomic E-state index is 0.268. The van der Waals surface area contributed by atoms with Gasteiger partial charge in [-0.3, -0.25) is 9.78 Å². The van der Waals surface area contributed by atoms with Crippen molar-refractivity contribution in [3.63, 3.8) is 0 Å². The van der Waals surface area contributed by atoms with E-state index in [0.717, 1.165) is 5.56 Å². The van der Waals surface area contributed by atoms with Crippen LogP contribution < -0.4 is 10.6 Å². The van der Waals surface area contributed by atoms with Gasteiger partial charge in [0, 0.05) is 35.0 Å². The zero-order valence-electron chi connectivity index (χ0n) is 14.9. The van der Waals surface area contributed by atoms with E-state index < -0.39 is 5.92 Å². The molecule has 6 nitrogen and oxygen atoms in total. The van der Waals surface area contributed by atoms with Crippen LogP contribution in [0.25, 0.3) is 0 Å². The fourth-order valence-electron chi connectivity index (χ4n) is 3.12. The summed E-state index contributed by atoms with van der Waals surface area (Å²) in [6.07, 6.45) is 3.20. The van der Waals surface area contributed by atoms with Crippen molar-refractivity contribution in [1.29, 1.82) is 10.5 Å². The molecule has 1 amide bonds. The smallest absolute Gasteiger partial charge is 0.255 e. The first-order valence-corrected chi connectivity index (χ1v) is 8.35. The molecule has 2 heterocycles. The number of carbonyl (C=O) groups excluding carboxylic acids is 1. The second-order valence-corrected chi connectivity index (χ2v) is 6.17. The topological polar surface area (TPSA) is 102 Å². The van der Waals surface area contributed by atoms with Gasteiger partial charge in [-0.1, -0.05) is 12.1 Å². The standard InChI is InChI=1S/C21H17N5O/c1-13-18(11-22)20(19(12-23)14(2)25-13)15-4-3-5-16(10-15)21(27)26-17-6-8-24-9-7-17/h3-10,20,25H,1-2H3,(H,24,26,27). The first kappa shape index (κ1) is 17.9. The third-order valence-corrected chi connectivity index (χ3v) is 4.42. The molecule has 0 radical (unpaired) electrons. The highest BCUT2D eigenvalue weighted by atomic mass is 16.1. The number of benzene rings is 1. The molecule has 0 unspecified atom stereocenters. The number of carbonyl (C=O) groups is 1. The Kier molecular flexibility index (Phi) is 5.01. The van der Waals surface area contributed by atoms with Crippen LogP contribution in [-0.2, 0) is 0 Å². The second-order valence-electron chi connectivity index (χ2n) is 6.17. The number of dihydropyridines is 1. The molecule has 27 heavy (non-hydrogen) atoms. The fraction of sp³-hybridized carbons (Fsp3) is 0.143. The van der Waals surface area contributed by atoms with E-state index in [1.807, 2.05) is 19.9 Å². The Bertz CT molecular complexity index is 1000. The molecular formula is C21H17N5O. The van der Waals surface area contributed by atoms with Crippen molar-refractivity contribution in [2.75, 3.05) is 5.32 Å². The van der Waals surface area contributed by atoms with Gasteiger partial charge in [0.05, 0.1) is 29.2 Å². The summed E-state index contributed by atoms with van der Waals surface area (Å²) >= 11 is 0. The van der Waals surface area contributed by atoms with Gasteiger partial charge in [-0.05, 0) is 43.7 Å². The van der Waals surface area contributed by atoms with Crippen LogP contribution in [0.1, 0.15) is 35.7 Å². The highest BCUT2D eigenvalue weighted by Crippen LogP contribution is 2.37. The number of rotatable bonds is 3. The van der Waals surface area contributed by atoms with E-state index in [1.165, 1.54) is 0 Å². The molecule has 132 valence electrons. The summed E-state index contributed by atoms with van der Waals surface area (Å²) in [6, 6.07) is 14.8. The molecule has 0 aliphatic carbocycles. The molecule has 1 aromatic heterocycles. The summed E-state index contributed by atoms with van der Waals surface area (Å²) in [5.41, 5.74) is 4.20. The molecule has 6 heteroatoms. The molecule has 3 rings (SSSR count). The van der Waals surface area contributed by atoms with E-state index in [4.69, 9.17) is 0 Å². The lowest BCUT2D eigenvalue weighted by molar-refractivity contribution is 0.102. The third kappa shape index (κ3) is 3.56. The van der Waals surface area contributed by atoms with Crippen LogP contribution in [-0.4, -0.2) is 10.9 Å². The van der Waals surface area contributed by atoms with Gasteiger partial charge in [0.2, 0.25) is 0 Å². The summed E-state index contributed by atoms with van der Waals surface area (Å²) in [7, 11) is 0. The Morgan fingerprint density at radius 2 is 1.70 bits per heavy atom. The molecular weight excluding hydrogens is 338 g/mol. The van der Waals surface area contributed by atoms with E-state index in [9.17, 15) is 15.3 Å². The fourth-order valence-corrected chi connectivity index (χ4v) is 3.12. The molecule has 0 bridgehead atoms. The number of amides is 1. The first-order chi connectivity index (χ1) is 13.0. The van der Waals surface area contributed by atoms with Crippen LogP contribution in [0.5, 0.6) is 0 Å². The molecule has 0 atom stereocenters. The molecule has 0 saturated heterocycles. The summed E-state index contributed by atoms with van der Waals surface area (Å²) < 4.78 is 0. The molecule has 2 N–H and O–H groups in total. The minimum atomic E-state index is -0.491. The zero-order chi connectivity index (χ0) is 19.4. The lowest BCUT2D eigenvalue weighted by Crippen LogP contribution is -2.23. The second kappa shape index (κ2) is 7.55. The number of nitrogens with zero attached hydrogens (tertiary/aromatic N) is 3. The number of anilines is 1. The Balaban J connectivity index is 1.99. The molecule has 2 aromatic rings. The van der Waals surface area contributed by atoms with Crippen molar-refractivity contribution in [1.82, 2.24) is 10.3 Å². The van der Waals surface area contributed by atoms with Gasteiger partial charge in [0.25, 0.3) is 5.91 Å². The van der Waals surface area contributed by atoms with Crippen LogP contribution in [0.2, 0.25) is 0 Å². The maximum absolute atomic E-state index is 12.6. The monoisotopic (exact) mass is 355 g/mol. The van der Waals surface area contributed by atoms with E-state index in [2.05, 4.69) is 27.8 Å². The SMILES string of the molecule is CC1=C(C#N)C(c2cccc(C(=O)Nc3ccncc3)c2)C(C#N)=C(C)N1. The maximum atomic E-state index is 12.6. The molecule has 1 aliphatic rings. The highest BCUT2D eigenvalue weighted by Gasteiger charge is 2.29. The van der Waals surface area contributed by atoms with Crippen molar-refractivity contribution >= 4 is 11.6 Å². The third-order valence-electron chi connectivity index (χ3n) is 4.42. The largest absolute Gasteiger partial charge is 0.361 e. The molecule has 1 aliphatic heterocycles. The van der Waals surface area contributed by atoms with E-state index in [0.29, 0.717) is 33.8 Å². The molecule has 1 aromatic carbocycles. The average Bonchev–Trinajstić information content (AvgIpc) is 2.68. The molecule has 0 fully saturated rings. The van der Waals surface area contributed by atoms with Gasteiger partial charge in [0.1, 0.15) is 0 Å². The molecule has 0 saturated carbocycles. The van der Waals surface area contributed by atoms with Crippen LogP contribution in [0.3, 0.4) is 0 Å². The number of nitrogens with one attached hydrogen (secondary N) is 2. The Morgan fingerprint density at radius 3 is 2.30 bits per heavy atom. The van der Waals surface area contributed by atoms with Gasteiger partial charge in [0.15, 0.2) is 0 Å². The van der Waals surface area contributed by atoms with Gasteiger partial charge in [-0.15, -0.1) is 0 Å². The quantitative estimate of drug-likeness (QED) is 0.875. The van der Waals surface area contributed by atoms with Crippen LogP contribution >= 0.6 is 0 Å². The Morgan fingerprint density at radius 1 is 1.07 bits per heavy atom. The van der Waals surface area contributed by atoms with Crippen LogP contribution in [0, 0.1) is 22.7 Å². The van der Waals surface area contributed by atoms with E-state index in [-0.39, 0.29) is 5.91 Å². The number of hydrogen-bond donors (Lipinski definition) is 2. The predicted molar refractivity (Wildman–Crippen MR) is 101 cm³/mol. The minimum Gasteiger partial charge on any atom is -0.361 e. The lowest BCUT2D eigenvalue weighted by Gasteiger charge is -2.26. The number of hydrogen-bond acceptors (Lipinski definition) is 5. The Labute approximate surface area is 157 Å². The lowest BCUT2D eigenvalue weighted by atomic mass is 9.81. The van der Waals surface area contributed by atoms with Gasteiger partial charge < -0.3 is 10.6 Å². The van der Waals surface area contributed by atoms with Crippen molar-refractivity contribution < 1.29 is 4.79 Å². The zero-order valence-corrected chi connectivity index (χ0v) is 14.9. The molecule has 0 spiro atoms. The highest BCUT2D eigenvalue weighted by molar-refractivity contribution is 6.04. The van der Waals surface area contributed by atoms with Crippen molar-refractivity contribution in [2.45, 2.75) is 19.8 Å². The maximum Gasteiger partial charge on any atom is 0.255 e. The number of allylic oxidation sites excluding steroid dienone is 4.